The van der Waals surface area contributed by atoms with Crippen LogP contribution >= 0.6 is 0 Å². The van der Waals surface area contributed by atoms with Crippen LogP contribution in [0.3, 0.4) is 0 Å². The molecule has 0 aliphatic heterocycles. The zero-order valence-corrected chi connectivity index (χ0v) is 11.2. The molecule has 0 saturated heterocycles. The number of aromatic nitrogens is 2. The minimum Gasteiger partial charge on any atom is -0.301 e. The average molecular weight is 263 g/mol. The third-order valence-corrected chi connectivity index (χ3v) is 3.32. The van der Waals surface area contributed by atoms with E-state index in [1.807, 2.05) is 18.2 Å². The Balaban J connectivity index is 1.84. The quantitative estimate of drug-likeness (QED) is 0.741. The van der Waals surface area contributed by atoms with E-state index in [1.54, 1.807) is 6.20 Å². The number of rotatable bonds is 5. The van der Waals surface area contributed by atoms with E-state index in [0.29, 0.717) is 0 Å². The van der Waals surface area contributed by atoms with Crippen molar-refractivity contribution in [3.8, 4) is 0 Å². The standard InChI is InChI=1S/C17H17N3/c1-3-7-14(8-4-1)17(15-9-5-2-6-10-15)18-13-16-11-12-19-20-16/h1-12,17-18H,13H2,(H,19,20). The zero-order chi connectivity index (χ0) is 13.6. The lowest BCUT2D eigenvalue weighted by atomic mass is 9.99. The number of nitrogens with one attached hydrogen (secondary N) is 2. The van der Waals surface area contributed by atoms with Gasteiger partial charge >= 0.3 is 0 Å². The molecular weight excluding hydrogens is 246 g/mol. The molecule has 0 unspecified atom stereocenters. The predicted octanol–water partition coefficient (Wildman–Crippen LogP) is 3.29. The first-order valence-electron chi connectivity index (χ1n) is 6.75. The summed E-state index contributed by atoms with van der Waals surface area (Å²) in [6.07, 6.45) is 1.77. The van der Waals surface area contributed by atoms with Crippen molar-refractivity contribution in [3.63, 3.8) is 0 Å². The van der Waals surface area contributed by atoms with Crippen molar-refractivity contribution in [3.05, 3.63) is 89.7 Å². The molecule has 3 aromatic rings. The van der Waals surface area contributed by atoms with Crippen molar-refractivity contribution in [2.45, 2.75) is 12.6 Å². The van der Waals surface area contributed by atoms with Crippen LogP contribution in [0.15, 0.2) is 72.9 Å². The summed E-state index contributed by atoms with van der Waals surface area (Å²) < 4.78 is 0. The zero-order valence-electron chi connectivity index (χ0n) is 11.2. The van der Waals surface area contributed by atoms with Gasteiger partial charge in [0.15, 0.2) is 0 Å². The van der Waals surface area contributed by atoms with Crippen LogP contribution < -0.4 is 5.32 Å². The minimum absolute atomic E-state index is 0.181. The molecule has 2 aromatic carbocycles. The van der Waals surface area contributed by atoms with Gasteiger partial charge in [0.2, 0.25) is 0 Å². The van der Waals surface area contributed by atoms with Crippen molar-refractivity contribution in [2.24, 2.45) is 0 Å². The second-order valence-corrected chi connectivity index (χ2v) is 4.72. The summed E-state index contributed by atoms with van der Waals surface area (Å²) >= 11 is 0. The average Bonchev–Trinajstić information content (AvgIpc) is 3.03. The van der Waals surface area contributed by atoms with Crippen LogP contribution in [0.4, 0.5) is 0 Å². The first-order valence-corrected chi connectivity index (χ1v) is 6.75. The van der Waals surface area contributed by atoms with Crippen LogP contribution in [0.1, 0.15) is 22.9 Å². The first kappa shape index (κ1) is 12.6. The van der Waals surface area contributed by atoms with Gasteiger partial charge in [0.05, 0.1) is 6.04 Å². The molecule has 3 nitrogen and oxygen atoms in total. The van der Waals surface area contributed by atoms with Gasteiger partial charge in [-0.15, -0.1) is 0 Å². The summed E-state index contributed by atoms with van der Waals surface area (Å²) in [5, 5.41) is 10.5. The van der Waals surface area contributed by atoms with Gasteiger partial charge in [-0.1, -0.05) is 60.7 Å². The fraction of sp³-hybridized carbons (Fsp3) is 0.118. The van der Waals surface area contributed by atoms with Crippen LogP contribution in [0.2, 0.25) is 0 Å². The SMILES string of the molecule is c1ccc(C(NCc2ccn[nH]2)c2ccccc2)cc1. The Morgan fingerprint density at radius 2 is 1.45 bits per heavy atom. The van der Waals surface area contributed by atoms with Gasteiger partial charge in [0.1, 0.15) is 0 Å². The lowest BCUT2D eigenvalue weighted by Gasteiger charge is -2.19. The molecule has 3 rings (SSSR count). The van der Waals surface area contributed by atoms with Gasteiger partial charge in [-0.3, -0.25) is 5.10 Å². The fourth-order valence-corrected chi connectivity index (χ4v) is 2.31. The van der Waals surface area contributed by atoms with Crippen LogP contribution in [-0.4, -0.2) is 10.2 Å². The fourth-order valence-electron chi connectivity index (χ4n) is 2.31. The lowest BCUT2D eigenvalue weighted by molar-refractivity contribution is 0.596. The molecule has 0 bridgehead atoms. The number of hydrogen-bond donors (Lipinski definition) is 2. The summed E-state index contributed by atoms with van der Waals surface area (Å²) in [5.74, 6) is 0. The molecule has 1 aromatic heterocycles. The summed E-state index contributed by atoms with van der Waals surface area (Å²) in [6, 6.07) is 23.1. The molecule has 0 saturated carbocycles. The van der Waals surface area contributed by atoms with Crippen LogP contribution in [0, 0.1) is 0 Å². The van der Waals surface area contributed by atoms with Crippen molar-refractivity contribution in [1.82, 2.24) is 15.5 Å². The Morgan fingerprint density at radius 1 is 0.850 bits per heavy atom. The Bertz CT molecular complexity index is 578. The Kier molecular flexibility index (Phi) is 3.90. The highest BCUT2D eigenvalue weighted by Gasteiger charge is 2.12. The molecule has 0 radical (unpaired) electrons. The first-order chi connectivity index (χ1) is 9.93. The van der Waals surface area contributed by atoms with Gasteiger partial charge in [0.25, 0.3) is 0 Å². The number of aromatic amines is 1. The molecule has 0 aliphatic carbocycles. The largest absolute Gasteiger partial charge is 0.301 e. The van der Waals surface area contributed by atoms with Crippen LogP contribution in [0.5, 0.6) is 0 Å². The number of H-pyrrole nitrogens is 1. The highest BCUT2D eigenvalue weighted by Crippen LogP contribution is 2.21. The van der Waals surface area contributed by atoms with E-state index in [-0.39, 0.29) is 6.04 Å². The molecule has 0 fully saturated rings. The van der Waals surface area contributed by atoms with E-state index in [9.17, 15) is 0 Å². The summed E-state index contributed by atoms with van der Waals surface area (Å²) in [5.41, 5.74) is 3.61. The Morgan fingerprint density at radius 3 is 1.95 bits per heavy atom. The Hall–Kier alpha value is -2.39. The van der Waals surface area contributed by atoms with E-state index in [2.05, 4.69) is 64.0 Å². The molecule has 0 spiro atoms. The maximum Gasteiger partial charge on any atom is 0.0579 e. The summed E-state index contributed by atoms with van der Waals surface area (Å²) in [4.78, 5) is 0. The molecule has 0 amide bonds. The third kappa shape index (κ3) is 2.95. The van der Waals surface area contributed by atoms with E-state index in [0.717, 1.165) is 12.2 Å². The minimum atomic E-state index is 0.181. The van der Waals surface area contributed by atoms with E-state index in [4.69, 9.17) is 0 Å². The van der Waals surface area contributed by atoms with Gasteiger partial charge in [-0.05, 0) is 17.2 Å². The maximum absolute atomic E-state index is 3.98. The molecule has 0 aliphatic rings. The number of nitrogens with zero attached hydrogens (tertiary/aromatic N) is 1. The Labute approximate surface area is 118 Å². The van der Waals surface area contributed by atoms with Crippen molar-refractivity contribution >= 4 is 0 Å². The van der Waals surface area contributed by atoms with Crippen molar-refractivity contribution in [1.29, 1.82) is 0 Å². The van der Waals surface area contributed by atoms with E-state index >= 15 is 0 Å². The van der Waals surface area contributed by atoms with E-state index in [1.165, 1.54) is 11.1 Å². The molecule has 20 heavy (non-hydrogen) atoms. The summed E-state index contributed by atoms with van der Waals surface area (Å²) in [6.45, 7) is 0.758. The molecule has 100 valence electrons. The maximum atomic E-state index is 3.98. The van der Waals surface area contributed by atoms with Gasteiger partial charge in [-0.25, -0.2) is 0 Å². The second-order valence-electron chi connectivity index (χ2n) is 4.72. The molecule has 1 heterocycles. The van der Waals surface area contributed by atoms with Crippen molar-refractivity contribution < 1.29 is 0 Å². The van der Waals surface area contributed by atoms with Crippen LogP contribution in [-0.2, 0) is 6.54 Å². The third-order valence-electron chi connectivity index (χ3n) is 3.32. The second kappa shape index (κ2) is 6.17. The topological polar surface area (TPSA) is 40.7 Å². The number of hydrogen-bond acceptors (Lipinski definition) is 2. The monoisotopic (exact) mass is 263 g/mol. The molecular formula is C17H17N3. The highest BCUT2D eigenvalue weighted by molar-refractivity contribution is 5.31. The molecule has 3 heteroatoms. The predicted molar refractivity (Wildman–Crippen MR) is 80.2 cm³/mol. The normalized spacial score (nSPS) is 10.8. The highest BCUT2D eigenvalue weighted by atomic mass is 15.1. The van der Waals surface area contributed by atoms with Gasteiger partial charge in [-0.2, -0.15) is 5.10 Å². The van der Waals surface area contributed by atoms with Crippen LogP contribution in [0.25, 0.3) is 0 Å². The molecule has 2 N–H and O–H groups in total. The summed E-state index contributed by atoms with van der Waals surface area (Å²) in [7, 11) is 0. The smallest absolute Gasteiger partial charge is 0.0579 e. The lowest BCUT2D eigenvalue weighted by Crippen LogP contribution is -2.22. The molecule has 0 atom stereocenters. The van der Waals surface area contributed by atoms with Gasteiger partial charge < -0.3 is 5.32 Å². The van der Waals surface area contributed by atoms with Gasteiger partial charge in [0, 0.05) is 18.4 Å². The number of benzene rings is 2. The van der Waals surface area contributed by atoms with Crippen molar-refractivity contribution in [2.75, 3.05) is 0 Å². The van der Waals surface area contributed by atoms with E-state index < -0.39 is 0 Å².